The van der Waals surface area contributed by atoms with Crippen molar-refractivity contribution in [3.8, 4) is 0 Å². The molecule has 0 aliphatic heterocycles. The summed E-state index contributed by atoms with van der Waals surface area (Å²) in [6, 6.07) is 0. The van der Waals surface area contributed by atoms with Crippen LogP contribution in [0.3, 0.4) is 0 Å². The van der Waals surface area contributed by atoms with E-state index in [0.29, 0.717) is 18.4 Å². The van der Waals surface area contributed by atoms with Gasteiger partial charge in [-0.3, -0.25) is 9.59 Å². The van der Waals surface area contributed by atoms with Gasteiger partial charge in [0.05, 0.1) is 6.42 Å². The van der Waals surface area contributed by atoms with Gasteiger partial charge in [0.25, 0.3) is 0 Å². The molecule has 14 heavy (non-hydrogen) atoms. The van der Waals surface area contributed by atoms with Crippen LogP contribution in [0.15, 0.2) is 0 Å². The number of nitrogens with one attached hydrogen (secondary N) is 1. The first kappa shape index (κ1) is 12.9. The molecule has 2 N–H and O–H groups in total. The number of aliphatic carboxylic acids is 1. The molecule has 1 amide bonds. The van der Waals surface area contributed by atoms with Gasteiger partial charge in [-0.25, -0.2) is 0 Å². The maximum atomic E-state index is 11.1. The first-order valence-electron chi connectivity index (χ1n) is 4.92. The monoisotopic (exact) mass is 201 g/mol. The van der Waals surface area contributed by atoms with Crippen LogP contribution in [0.2, 0.25) is 0 Å². The van der Waals surface area contributed by atoms with E-state index in [9.17, 15) is 9.59 Å². The Kier molecular flexibility index (Phi) is 5.92. The standard InChI is InChI=1S/C10H19NO3/c1-7(2)8(3)6-11-9(12)4-5-10(13)14/h7-8H,4-6H2,1-3H3,(H,11,12)(H,13,14). The highest BCUT2D eigenvalue weighted by Crippen LogP contribution is 2.07. The van der Waals surface area contributed by atoms with Crippen molar-refractivity contribution < 1.29 is 14.7 Å². The van der Waals surface area contributed by atoms with Crippen LogP contribution in [0.25, 0.3) is 0 Å². The van der Waals surface area contributed by atoms with Gasteiger partial charge < -0.3 is 10.4 Å². The minimum atomic E-state index is -0.933. The number of rotatable bonds is 6. The molecule has 0 heterocycles. The molecule has 0 rings (SSSR count). The van der Waals surface area contributed by atoms with Crippen molar-refractivity contribution in [2.24, 2.45) is 11.8 Å². The minimum Gasteiger partial charge on any atom is -0.481 e. The van der Waals surface area contributed by atoms with Crippen molar-refractivity contribution in [3.05, 3.63) is 0 Å². The average Bonchev–Trinajstić information content (AvgIpc) is 2.10. The summed E-state index contributed by atoms with van der Waals surface area (Å²) in [5.41, 5.74) is 0. The topological polar surface area (TPSA) is 66.4 Å². The third-order valence-electron chi connectivity index (χ3n) is 2.33. The van der Waals surface area contributed by atoms with Crippen molar-refractivity contribution in [1.82, 2.24) is 5.32 Å². The number of carbonyl (C=O) groups excluding carboxylic acids is 1. The summed E-state index contributed by atoms with van der Waals surface area (Å²) in [5.74, 6) is -0.171. The lowest BCUT2D eigenvalue weighted by atomic mass is 9.98. The highest BCUT2D eigenvalue weighted by atomic mass is 16.4. The molecule has 0 saturated heterocycles. The molecule has 0 spiro atoms. The smallest absolute Gasteiger partial charge is 0.303 e. The van der Waals surface area contributed by atoms with Crippen LogP contribution in [0.5, 0.6) is 0 Å². The quantitative estimate of drug-likeness (QED) is 0.680. The normalized spacial score (nSPS) is 12.6. The lowest BCUT2D eigenvalue weighted by Gasteiger charge is -2.15. The maximum Gasteiger partial charge on any atom is 0.303 e. The second-order valence-electron chi connectivity index (χ2n) is 3.92. The minimum absolute atomic E-state index is 0.0696. The second-order valence-corrected chi connectivity index (χ2v) is 3.92. The van der Waals surface area contributed by atoms with E-state index in [-0.39, 0.29) is 18.7 Å². The molecular formula is C10H19NO3. The molecule has 0 fully saturated rings. The largest absolute Gasteiger partial charge is 0.481 e. The molecule has 4 nitrogen and oxygen atoms in total. The summed E-state index contributed by atoms with van der Waals surface area (Å²) >= 11 is 0. The van der Waals surface area contributed by atoms with E-state index >= 15 is 0 Å². The summed E-state index contributed by atoms with van der Waals surface area (Å²) in [6.45, 7) is 6.86. The number of carbonyl (C=O) groups is 2. The predicted octanol–water partition coefficient (Wildman–Crippen LogP) is 1.26. The van der Waals surface area contributed by atoms with Crippen LogP contribution in [0, 0.1) is 11.8 Å². The molecule has 1 unspecified atom stereocenters. The van der Waals surface area contributed by atoms with Crippen molar-refractivity contribution in [1.29, 1.82) is 0 Å². The fraction of sp³-hybridized carbons (Fsp3) is 0.800. The Bertz CT molecular complexity index is 202. The summed E-state index contributed by atoms with van der Waals surface area (Å²) in [4.78, 5) is 21.3. The molecule has 0 aromatic heterocycles. The molecular weight excluding hydrogens is 182 g/mol. The predicted molar refractivity (Wildman–Crippen MR) is 53.9 cm³/mol. The number of hydrogen-bond acceptors (Lipinski definition) is 2. The SMILES string of the molecule is CC(C)C(C)CNC(=O)CCC(=O)O. The Labute approximate surface area is 84.7 Å². The number of hydrogen-bond donors (Lipinski definition) is 2. The molecule has 0 bridgehead atoms. The van der Waals surface area contributed by atoms with Gasteiger partial charge in [-0.1, -0.05) is 20.8 Å². The molecule has 0 aromatic carbocycles. The van der Waals surface area contributed by atoms with Crippen molar-refractivity contribution in [2.75, 3.05) is 6.54 Å². The van der Waals surface area contributed by atoms with Gasteiger partial charge in [0.15, 0.2) is 0 Å². The summed E-state index contributed by atoms with van der Waals surface area (Å²) in [6.07, 6.45) is -0.0258. The molecule has 82 valence electrons. The summed E-state index contributed by atoms with van der Waals surface area (Å²) in [5, 5.41) is 11.1. The fourth-order valence-corrected chi connectivity index (χ4v) is 0.819. The molecule has 0 radical (unpaired) electrons. The first-order valence-corrected chi connectivity index (χ1v) is 4.92. The summed E-state index contributed by atoms with van der Waals surface area (Å²) in [7, 11) is 0. The highest BCUT2D eigenvalue weighted by molar-refractivity contribution is 5.80. The Morgan fingerprint density at radius 2 is 1.79 bits per heavy atom. The van der Waals surface area contributed by atoms with Crippen LogP contribution in [-0.4, -0.2) is 23.5 Å². The van der Waals surface area contributed by atoms with Crippen LogP contribution >= 0.6 is 0 Å². The molecule has 0 aliphatic rings. The zero-order valence-corrected chi connectivity index (χ0v) is 9.04. The highest BCUT2D eigenvalue weighted by Gasteiger charge is 2.09. The van der Waals surface area contributed by atoms with Gasteiger partial charge in [-0.05, 0) is 11.8 Å². The Hall–Kier alpha value is -1.06. The lowest BCUT2D eigenvalue weighted by Crippen LogP contribution is -2.30. The third-order valence-corrected chi connectivity index (χ3v) is 2.33. The van der Waals surface area contributed by atoms with Gasteiger partial charge in [0.2, 0.25) is 5.91 Å². The molecule has 0 saturated carbocycles. The van der Waals surface area contributed by atoms with E-state index in [1.165, 1.54) is 0 Å². The van der Waals surface area contributed by atoms with Gasteiger partial charge in [-0.2, -0.15) is 0 Å². The molecule has 4 heteroatoms. The van der Waals surface area contributed by atoms with Crippen molar-refractivity contribution in [2.45, 2.75) is 33.6 Å². The molecule has 0 aliphatic carbocycles. The van der Waals surface area contributed by atoms with Crippen LogP contribution < -0.4 is 5.32 Å². The van der Waals surface area contributed by atoms with E-state index in [1.807, 2.05) is 0 Å². The van der Waals surface area contributed by atoms with E-state index < -0.39 is 5.97 Å². The van der Waals surface area contributed by atoms with Gasteiger partial charge >= 0.3 is 5.97 Å². The van der Waals surface area contributed by atoms with Gasteiger partial charge in [0, 0.05) is 13.0 Å². The number of carboxylic acids is 1. The second kappa shape index (κ2) is 6.40. The lowest BCUT2D eigenvalue weighted by molar-refractivity contribution is -0.138. The maximum absolute atomic E-state index is 11.1. The Morgan fingerprint density at radius 1 is 1.21 bits per heavy atom. The van der Waals surface area contributed by atoms with E-state index in [4.69, 9.17) is 5.11 Å². The number of carboxylic acid groups (broad SMARTS) is 1. The van der Waals surface area contributed by atoms with Crippen LogP contribution in [0.1, 0.15) is 33.6 Å². The van der Waals surface area contributed by atoms with E-state index in [1.54, 1.807) is 0 Å². The van der Waals surface area contributed by atoms with E-state index in [0.717, 1.165) is 0 Å². The van der Waals surface area contributed by atoms with Crippen molar-refractivity contribution in [3.63, 3.8) is 0 Å². The summed E-state index contributed by atoms with van der Waals surface area (Å²) < 4.78 is 0. The number of amides is 1. The van der Waals surface area contributed by atoms with Crippen LogP contribution in [-0.2, 0) is 9.59 Å². The zero-order valence-electron chi connectivity index (χ0n) is 9.04. The van der Waals surface area contributed by atoms with Crippen LogP contribution in [0.4, 0.5) is 0 Å². The van der Waals surface area contributed by atoms with E-state index in [2.05, 4.69) is 26.1 Å². The molecule has 0 aromatic rings. The van der Waals surface area contributed by atoms with Gasteiger partial charge in [-0.15, -0.1) is 0 Å². The average molecular weight is 201 g/mol. The molecule has 1 atom stereocenters. The first-order chi connectivity index (χ1) is 6.43. The van der Waals surface area contributed by atoms with Crippen molar-refractivity contribution >= 4 is 11.9 Å². The Morgan fingerprint density at radius 3 is 2.21 bits per heavy atom. The third kappa shape index (κ3) is 6.46. The Balaban J connectivity index is 3.58. The fourth-order valence-electron chi connectivity index (χ4n) is 0.819. The zero-order chi connectivity index (χ0) is 11.1. The van der Waals surface area contributed by atoms with Gasteiger partial charge in [0.1, 0.15) is 0 Å².